The Hall–Kier alpha value is -2.01. The Balaban J connectivity index is 2.03. The van der Waals surface area contributed by atoms with Gasteiger partial charge in [-0.3, -0.25) is 4.57 Å². The van der Waals surface area contributed by atoms with E-state index in [1.165, 1.54) is 20.5 Å². The Morgan fingerprint density at radius 2 is 2.14 bits per heavy atom. The topological polar surface area (TPSA) is 144 Å². The number of imidazole rings is 1. The predicted molar refractivity (Wildman–Crippen MR) is 76.7 cm³/mol. The molecular formula is C12H18N6O4. The molecule has 0 amide bonds. The standard InChI is InChI=1S/C12H18N6O4/c1-20-3-5-7(19)8(21-2)11(22-5)18-4-15-6-9(13)16-12(14)17-10(6)18/h4-5,7-8,11,19H,3H2,1-2H3,(H4,13,14,16,17). The number of ether oxygens (including phenoxy) is 3. The largest absolute Gasteiger partial charge is 0.387 e. The molecule has 3 rings (SSSR count). The van der Waals surface area contributed by atoms with Crippen molar-refractivity contribution in [2.45, 2.75) is 24.5 Å². The lowest BCUT2D eigenvalue weighted by Crippen LogP contribution is -2.35. The number of fused-ring (bicyclic) bond motifs is 1. The summed E-state index contributed by atoms with van der Waals surface area (Å²) in [5.74, 6) is 0.218. The number of rotatable bonds is 4. The molecule has 120 valence electrons. The van der Waals surface area contributed by atoms with E-state index in [2.05, 4.69) is 15.0 Å². The number of nitrogen functional groups attached to an aromatic ring is 2. The highest BCUT2D eigenvalue weighted by atomic mass is 16.6. The van der Waals surface area contributed by atoms with Gasteiger partial charge < -0.3 is 30.8 Å². The molecule has 1 aliphatic heterocycles. The molecule has 0 spiro atoms. The van der Waals surface area contributed by atoms with E-state index in [0.29, 0.717) is 11.2 Å². The molecule has 22 heavy (non-hydrogen) atoms. The van der Waals surface area contributed by atoms with Crippen LogP contribution in [0.3, 0.4) is 0 Å². The van der Waals surface area contributed by atoms with E-state index in [1.807, 2.05) is 0 Å². The summed E-state index contributed by atoms with van der Waals surface area (Å²) in [5.41, 5.74) is 12.3. The summed E-state index contributed by atoms with van der Waals surface area (Å²) in [6.45, 7) is 0.240. The third-order valence-corrected chi connectivity index (χ3v) is 3.66. The van der Waals surface area contributed by atoms with Crippen molar-refractivity contribution in [3.8, 4) is 0 Å². The molecule has 0 bridgehead atoms. The van der Waals surface area contributed by atoms with Crippen molar-refractivity contribution in [2.24, 2.45) is 0 Å². The Kier molecular flexibility index (Phi) is 3.83. The highest BCUT2D eigenvalue weighted by Crippen LogP contribution is 2.33. The summed E-state index contributed by atoms with van der Waals surface area (Å²) in [6, 6.07) is 0. The van der Waals surface area contributed by atoms with E-state index in [4.69, 9.17) is 25.7 Å². The SMILES string of the molecule is COCC1OC(n2cnc3c(N)nc(N)nc32)C(OC)C1O. The number of hydrogen-bond donors (Lipinski definition) is 3. The van der Waals surface area contributed by atoms with Crippen LogP contribution in [0, 0.1) is 0 Å². The zero-order chi connectivity index (χ0) is 15.9. The fourth-order valence-electron chi connectivity index (χ4n) is 2.64. The number of hydrogen-bond acceptors (Lipinski definition) is 9. The van der Waals surface area contributed by atoms with Gasteiger partial charge in [0.05, 0.1) is 12.9 Å². The van der Waals surface area contributed by atoms with Gasteiger partial charge in [0.15, 0.2) is 17.7 Å². The van der Waals surface area contributed by atoms with Crippen LogP contribution in [0.1, 0.15) is 6.23 Å². The van der Waals surface area contributed by atoms with Crippen LogP contribution in [0.2, 0.25) is 0 Å². The van der Waals surface area contributed by atoms with Gasteiger partial charge in [0.25, 0.3) is 0 Å². The van der Waals surface area contributed by atoms with E-state index in [-0.39, 0.29) is 18.4 Å². The maximum Gasteiger partial charge on any atom is 0.224 e. The molecule has 0 aromatic carbocycles. The average Bonchev–Trinajstić information content (AvgIpc) is 3.01. The van der Waals surface area contributed by atoms with Crippen molar-refractivity contribution in [2.75, 3.05) is 32.3 Å². The maximum absolute atomic E-state index is 10.3. The van der Waals surface area contributed by atoms with E-state index >= 15 is 0 Å². The zero-order valence-corrected chi connectivity index (χ0v) is 12.2. The van der Waals surface area contributed by atoms with Gasteiger partial charge in [-0.05, 0) is 0 Å². The van der Waals surface area contributed by atoms with Crippen molar-refractivity contribution in [1.29, 1.82) is 0 Å². The molecule has 2 aromatic heterocycles. The van der Waals surface area contributed by atoms with Crippen molar-refractivity contribution in [3.05, 3.63) is 6.33 Å². The molecule has 4 unspecified atom stereocenters. The Bertz CT molecular complexity index is 677. The fraction of sp³-hybridized carbons (Fsp3) is 0.583. The second-order valence-electron chi connectivity index (χ2n) is 5.00. The Morgan fingerprint density at radius 3 is 2.82 bits per heavy atom. The molecule has 3 heterocycles. The lowest BCUT2D eigenvalue weighted by atomic mass is 10.1. The van der Waals surface area contributed by atoms with E-state index < -0.39 is 24.5 Å². The zero-order valence-electron chi connectivity index (χ0n) is 12.2. The monoisotopic (exact) mass is 310 g/mol. The predicted octanol–water partition coefficient (Wildman–Crippen LogP) is -1.09. The molecule has 0 aliphatic carbocycles. The quantitative estimate of drug-likeness (QED) is 0.641. The maximum atomic E-state index is 10.3. The van der Waals surface area contributed by atoms with Crippen LogP contribution in [-0.2, 0) is 14.2 Å². The number of aromatic nitrogens is 4. The van der Waals surface area contributed by atoms with Gasteiger partial charge in [-0.2, -0.15) is 9.97 Å². The normalized spacial score (nSPS) is 28.5. The minimum atomic E-state index is -0.844. The van der Waals surface area contributed by atoms with Gasteiger partial charge in [0, 0.05) is 14.2 Å². The molecule has 1 aliphatic rings. The van der Waals surface area contributed by atoms with Crippen LogP contribution in [0.15, 0.2) is 6.33 Å². The van der Waals surface area contributed by atoms with Crippen molar-refractivity contribution in [1.82, 2.24) is 19.5 Å². The van der Waals surface area contributed by atoms with Crippen LogP contribution in [0.4, 0.5) is 11.8 Å². The first-order valence-corrected chi connectivity index (χ1v) is 6.67. The summed E-state index contributed by atoms with van der Waals surface area (Å²) in [4.78, 5) is 12.2. The molecular weight excluding hydrogens is 292 g/mol. The summed E-state index contributed by atoms with van der Waals surface area (Å²) < 4.78 is 17.9. The summed E-state index contributed by atoms with van der Waals surface area (Å²) in [7, 11) is 3.03. The lowest BCUT2D eigenvalue weighted by molar-refractivity contribution is -0.0630. The second-order valence-corrected chi connectivity index (χ2v) is 5.00. The highest BCUT2D eigenvalue weighted by molar-refractivity contribution is 5.82. The van der Waals surface area contributed by atoms with Gasteiger partial charge in [-0.25, -0.2) is 4.98 Å². The molecule has 4 atom stereocenters. The number of nitrogens with two attached hydrogens (primary N) is 2. The first-order valence-electron chi connectivity index (χ1n) is 6.67. The third kappa shape index (κ3) is 2.25. The van der Waals surface area contributed by atoms with E-state index in [0.717, 1.165) is 0 Å². The minimum absolute atomic E-state index is 0.0349. The van der Waals surface area contributed by atoms with Crippen LogP contribution in [0.25, 0.3) is 11.2 Å². The summed E-state index contributed by atoms with van der Waals surface area (Å²) >= 11 is 0. The van der Waals surface area contributed by atoms with Crippen molar-refractivity contribution < 1.29 is 19.3 Å². The van der Waals surface area contributed by atoms with Gasteiger partial charge in [-0.1, -0.05) is 0 Å². The number of methoxy groups -OCH3 is 2. The fourth-order valence-corrected chi connectivity index (χ4v) is 2.64. The number of aliphatic hydroxyl groups is 1. The lowest BCUT2D eigenvalue weighted by Gasteiger charge is -2.19. The Morgan fingerprint density at radius 1 is 1.36 bits per heavy atom. The first kappa shape index (κ1) is 14.9. The minimum Gasteiger partial charge on any atom is -0.387 e. The molecule has 0 radical (unpaired) electrons. The van der Waals surface area contributed by atoms with E-state index in [9.17, 15) is 5.11 Å². The Labute approximate surface area is 126 Å². The molecule has 1 fully saturated rings. The van der Waals surface area contributed by atoms with Gasteiger partial charge in [0.1, 0.15) is 23.8 Å². The number of nitrogens with zero attached hydrogens (tertiary/aromatic N) is 4. The number of aliphatic hydroxyl groups excluding tert-OH is 1. The van der Waals surface area contributed by atoms with E-state index in [1.54, 1.807) is 4.57 Å². The number of anilines is 2. The molecule has 10 heteroatoms. The smallest absolute Gasteiger partial charge is 0.224 e. The molecule has 0 saturated carbocycles. The summed E-state index contributed by atoms with van der Waals surface area (Å²) in [5, 5.41) is 10.3. The molecule has 10 nitrogen and oxygen atoms in total. The van der Waals surface area contributed by atoms with Crippen molar-refractivity contribution >= 4 is 22.9 Å². The third-order valence-electron chi connectivity index (χ3n) is 3.66. The van der Waals surface area contributed by atoms with Crippen LogP contribution >= 0.6 is 0 Å². The van der Waals surface area contributed by atoms with Crippen molar-refractivity contribution in [3.63, 3.8) is 0 Å². The molecule has 2 aromatic rings. The molecule has 1 saturated heterocycles. The molecule has 5 N–H and O–H groups in total. The van der Waals surface area contributed by atoms with Crippen LogP contribution in [0.5, 0.6) is 0 Å². The second kappa shape index (κ2) is 5.65. The van der Waals surface area contributed by atoms with Crippen LogP contribution < -0.4 is 11.5 Å². The average molecular weight is 310 g/mol. The van der Waals surface area contributed by atoms with Gasteiger partial charge in [-0.15, -0.1) is 0 Å². The highest BCUT2D eigenvalue weighted by Gasteiger charge is 2.45. The van der Waals surface area contributed by atoms with Gasteiger partial charge >= 0.3 is 0 Å². The summed E-state index contributed by atoms with van der Waals surface area (Å²) in [6.07, 6.45) is -1.08. The van der Waals surface area contributed by atoms with Crippen LogP contribution in [-0.4, -0.2) is 63.8 Å². The van der Waals surface area contributed by atoms with Gasteiger partial charge in [0.2, 0.25) is 5.95 Å². The first-order chi connectivity index (χ1) is 10.6.